The molecule has 0 atom stereocenters. The highest BCUT2D eigenvalue weighted by molar-refractivity contribution is 5.96. The van der Waals surface area contributed by atoms with Crippen molar-refractivity contribution in [2.24, 2.45) is 5.41 Å². The van der Waals surface area contributed by atoms with E-state index < -0.39 is 0 Å². The predicted octanol–water partition coefficient (Wildman–Crippen LogP) is 2.39. The summed E-state index contributed by atoms with van der Waals surface area (Å²) < 4.78 is 5.38. The number of aromatic nitrogens is 4. The molecule has 1 aromatic carbocycles. The quantitative estimate of drug-likeness (QED) is 0.904. The fourth-order valence-electron chi connectivity index (χ4n) is 2.87. The van der Waals surface area contributed by atoms with Crippen LogP contribution in [0.4, 0.5) is 5.69 Å². The van der Waals surface area contributed by atoms with Crippen LogP contribution in [0, 0.1) is 5.41 Å². The van der Waals surface area contributed by atoms with Crippen LogP contribution < -0.4 is 10.1 Å². The van der Waals surface area contributed by atoms with E-state index in [2.05, 4.69) is 25.9 Å². The molecular formula is C15H19N5O2. The lowest BCUT2D eigenvalue weighted by molar-refractivity contribution is -0.124. The molecule has 7 nitrogen and oxygen atoms in total. The van der Waals surface area contributed by atoms with E-state index in [4.69, 9.17) is 4.74 Å². The SMILES string of the molecule is COc1cc(-c2nn[nH]n2)ccc1NC(=O)C1(C)CCCC1. The third kappa shape index (κ3) is 2.66. The number of hydrogen-bond donors (Lipinski definition) is 2. The Morgan fingerprint density at radius 1 is 1.36 bits per heavy atom. The maximum Gasteiger partial charge on any atom is 0.230 e. The molecule has 2 N–H and O–H groups in total. The highest BCUT2D eigenvalue weighted by Gasteiger charge is 2.36. The van der Waals surface area contributed by atoms with Gasteiger partial charge in [-0.3, -0.25) is 4.79 Å². The van der Waals surface area contributed by atoms with E-state index in [1.54, 1.807) is 19.2 Å². The van der Waals surface area contributed by atoms with E-state index in [1.165, 1.54) is 0 Å². The average Bonchev–Trinajstić information content (AvgIpc) is 3.19. The minimum absolute atomic E-state index is 0.0515. The Hall–Kier alpha value is -2.44. The first-order valence-electron chi connectivity index (χ1n) is 7.36. The molecule has 0 bridgehead atoms. The summed E-state index contributed by atoms with van der Waals surface area (Å²) in [5.41, 5.74) is 1.15. The molecule has 1 fully saturated rings. The summed E-state index contributed by atoms with van der Waals surface area (Å²) in [6.07, 6.45) is 4.08. The molecule has 1 aliphatic carbocycles. The van der Waals surface area contributed by atoms with Crippen molar-refractivity contribution in [1.82, 2.24) is 20.6 Å². The van der Waals surface area contributed by atoms with Gasteiger partial charge in [-0.1, -0.05) is 19.8 Å². The van der Waals surface area contributed by atoms with Crippen LogP contribution in [0.1, 0.15) is 32.6 Å². The fourth-order valence-corrected chi connectivity index (χ4v) is 2.87. The molecule has 0 radical (unpaired) electrons. The normalized spacial score (nSPS) is 16.5. The van der Waals surface area contributed by atoms with Gasteiger partial charge in [0.2, 0.25) is 11.7 Å². The van der Waals surface area contributed by atoms with Crippen LogP contribution in [0.25, 0.3) is 11.4 Å². The van der Waals surface area contributed by atoms with E-state index in [0.717, 1.165) is 31.2 Å². The Bertz CT molecular complexity index is 663. The van der Waals surface area contributed by atoms with Gasteiger partial charge in [-0.05, 0) is 36.3 Å². The van der Waals surface area contributed by atoms with Crippen LogP contribution in [-0.4, -0.2) is 33.6 Å². The number of benzene rings is 1. The van der Waals surface area contributed by atoms with Crippen LogP contribution >= 0.6 is 0 Å². The lowest BCUT2D eigenvalue weighted by Gasteiger charge is -2.23. The lowest BCUT2D eigenvalue weighted by Crippen LogP contribution is -2.30. The number of carbonyl (C=O) groups is 1. The summed E-state index contributed by atoms with van der Waals surface area (Å²) in [6.45, 7) is 2.02. The average molecular weight is 301 g/mol. The molecule has 2 aromatic rings. The predicted molar refractivity (Wildman–Crippen MR) is 81.4 cm³/mol. The van der Waals surface area contributed by atoms with E-state index in [0.29, 0.717) is 17.3 Å². The first kappa shape index (κ1) is 14.5. The number of amides is 1. The van der Waals surface area contributed by atoms with Crippen molar-refractivity contribution >= 4 is 11.6 Å². The molecule has 1 saturated carbocycles. The van der Waals surface area contributed by atoms with Gasteiger partial charge in [-0.25, -0.2) is 0 Å². The van der Waals surface area contributed by atoms with E-state index in [1.807, 2.05) is 13.0 Å². The van der Waals surface area contributed by atoms with Crippen LogP contribution in [0.3, 0.4) is 0 Å². The Morgan fingerprint density at radius 3 is 2.77 bits per heavy atom. The fraction of sp³-hybridized carbons (Fsp3) is 0.467. The maximum absolute atomic E-state index is 12.5. The molecule has 0 aliphatic heterocycles. The first-order valence-corrected chi connectivity index (χ1v) is 7.36. The zero-order chi connectivity index (χ0) is 15.6. The number of methoxy groups -OCH3 is 1. The van der Waals surface area contributed by atoms with Crippen LogP contribution in [0.15, 0.2) is 18.2 Å². The second kappa shape index (κ2) is 5.75. The standard InChI is InChI=1S/C15H19N5O2/c1-15(7-3-4-8-15)14(21)16-11-6-5-10(9-12(11)22-2)13-17-19-20-18-13/h5-6,9H,3-4,7-8H2,1-2H3,(H,16,21)(H,17,18,19,20). The van der Waals surface area contributed by atoms with Gasteiger partial charge in [0.05, 0.1) is 12.8 Å². The molecule has 0 saturated heterocycles. The molecule has 0 unspecified atom stereocenters. The number of aromatic amines is 1. The number of anilines is 1. The van der Waals surface area contributed by atoms with Gasteiger partial charge < -0.3 is 10.1 Å². The number of carbonyl (C=O) groups excluding carboxylic acids is 1. The Labute approximate surface area is 128 Å². The smallest absolute Gasteiger partial charge is 0.230 e. The summed E-state index contributed by atoms with van der Waals surface area (Å²) >= 11 is 0. The number of nitrogens with zero attached hydrogens (tertiary/aromatic N) is 3. The van der Waals surface area contributed by atoms with Gasteiger partial charge in [-0.2, -0.15) is 5.21 Å². The maximum atomic E-state index is 12.5. The summed E-state index contributed by atoms with van der Waals surface area (Å²) in [7, 11) is 1.57. The molecule has 22 heavy (non-hydrogen) atoms. The van der Waals surface area contributed by atoms with Crippen molar-refractivity contribution in [3.8, 4) is 17.1 Å². The van der Waals surface area contributed by atoms with Gasteiger partial charge in [0, 0.05) is 11.0 Å². The number of nitrogens with one attached hydrogen (secondary N) is 2. The molecule has 7 heteroatoms. The number of hydrogen-bond acceptors (Lipinski definition) is 5. The van der Waals surface area contributed by atoms with Crippen LogP contribution in [0.2, 0.25) is 0 Å². The van der Waals surface area contributed by atoms with Crippen molar-refractivity contribution in [2.75, 3.05) is 12.4 Å². The summed E-state index contributed by atoms with van der Waals surface area (Å²) in [5, 5.41) is 16.8. The molecule has 1 heterocycles. The summed E-state index contributed by atoms with van der Waals surface area (Å²) in [4.78, 5) is 12.5. The van der Waals surface area contributed by atoms with Crippen molar-refractivity contribution in [3.63, 3.8) is 0 Å². The summed E-state index contributed by atoms with van der Waals surface area (Å²) in [6, 6.07) is 5.43. The van der Waals surface area contributed by atoms with Crippen molar-refractivity contribution in [1.29, 1.82) is 0 Å². The highest BCUT2D eigenvalue weighted by atomic mass is 16.5. The van der Waals surface area contributed by atoms with Gasteiger partial charge in [0.1, 0.15) is 5.75 Å². The Balaban J connectivity index is 1.83. The van der Waals surface area contributed by atoms with Gasteiger partial charge in [-0.15, -0.1) is 10.2 Å². The second-order valence-corrected chi connectivity index (χ2v) is 5.87. The Kier molecular flexibility index (Phi) is 3.79. The van der Waals surface area contributed by atoms with E-state index in [-0.39, 0.29) is 11.3 Å². The second-order valence-electron chi connectivity index (χ2n) is 5.87. The first-order chi connectivity index (χ1) is 10.6. The van der Waals surface area contributed by atoms with Gasteiger partial charge in [0.15, 0.2) is 0 Å². The molecule has 0 spiro atoms. The molecule has 1 aliphatic rings. The largest absolute Gasteiger partial charge is 0.495 e. The van der Waals surface area contributed by atoms with Crippen LogP contribution in [0.5, 0.6) is 5.75 Å². The lowest BCUT2D eigenvalue weighted by atomic mass is 9.88. The molecule has 3 rings (SSSR count). The third-order valence-electron chi connectivity index (χ3n) is 4.31. The van der Waals surface area contributed by atoms with E-state index in [9.17, 15) is 4.79 Å². The number of tetrazole rings is 1. The number of ether oxygens (including phenoxy) is 1. The molecular weight excluding hydrogens is 282 g/mol. The van der Waals surface area contributed by atoms with Gasteiger partial charge >= 0.3 is 0 Å². The number of rotatable bonds is 4. The van der Waals surface area contributed by atoms with E-state index >= 15 is 0 Å². The minimum Gasteiger partial charge on any atom is -0.495 e. The number of H-pyrrole nitrogens is 1. The molecule has 1 aromatic heterocycles. The molecule has 116 valence electrons. The zero-order valence-corrected chi connectivity index (χ0v) is 12.7. The minimum atomic E-state index is -0.280. The summed E-state index contributed by atoms with van der Waals surface area (Å²) in [5.74, 6) is 1.12. The molecule has 1 amide bonds. The van der Waals surface area contributed by atoms with Crippen molar-refractivity contribution in [2.45, 2.75) is 32.6 Å². The third-order valence-corrected chi connectivity index (χ3v) is 4.31. The monoisotopic (exact) mass is 301 g/mol. The van der Waals surface area contributed by atoms with Crippen molar-refractivity contribution in [3.05, 3.63) is 18.2 Å². The zero-order valence-electron chi connectivity index (χ0n) is 12.7. The van der Waals surface area contributed by atoms with Gasteiger partial charge in [0.25, 0.3) is 0 Å². The topological polar surface area (TPSA) is 92.8 Å². The van der Waals surface area contributed by atoms with Crippen LogP contribution in [-0.2, 0) is 4.79 Å². The van der Waals surface area contributed by atoms with Crippen molar-refractivity contribution < 1.29 is 9.53 Å². The highest BCUT2D eigenvalue weighted by Crippen LogP contribution is 2.39. The Morgan fingerprint density at radius 2 is 2.14 bits per heavy atom.